The number of nitrogens with two attached hydrogens (primary N) is 1. The number of halogens is 1. The molecule has 4 nitrogen and oxygen atoms in total. The molecule has 76 valence electrons. The summed E-state index contributed by atoms with van der Waals surface area (Å²) in [6.07, 6.45) is 2.16. The lowest BCUT2D eigenvalue weighted by atomic mass is 10.1. The minimum absolute atomic E-state index is 0.363. The summed E-state index contributed by atoms with van der Waals surface area (Å²) < 4.78 is 0. The number of nitrogens with one attached hydrogen (secondary N) is 1. The predicted octanol–water partition coefficient (Wildman–Crippen LogP) is 0.351. The van der Waals surface area contributed by atoms with E-state index in [-0.39, 0.29) is 11.9 Å². The van der Waals surface area contributed by atoms with Gasteiger partial charge in [-0.05, 0) is 25.1 Å². The summed E-state index contributed by atoms with van der Waals surface area (Å²) in [5.74, 6) is -0.373. The van der Waals surface area contributed by atoms with Crippen LogP contribution in [0.25, 0.3) is 0 Å². The summed E-state index contributed by atoms with van der Waals surface area (Å²) in [7, 11) is 1.69. The van der Waals surface area contributed by atoms with Crippen molar-refractivity contribution in [1.82, 2.24) is 10.3 Å². The van der Waals surface area contributed by atoms with E-state index in [1.165, 1.54) is 0 Å². The average Bonchev–Trinajstić information content (AvgIpc) is 2.16. The van der Waals surface area contributed by atoms with E-state index in [1.54, 1.807) is 19.3 Å². The fourth-order valence-electron chi connectivity index (χ4n) is 1.11. The van der Waals surface area contributed by atoms with E-state index < -0.39 is 0 Å². The first-order valence-corrected chi connectivity index (χ1v) is 4.58. The normalized spacial score (nSPS) is 12.4. The van der Waals surface area contributed by atoms with Crippen molar-refractivity contribution in [2.45, 2.75) is 12.5 Å². The summed E-state index contributed by atoms with van der Waals surface area (Å²) in [6.45, 7) is 0. The second kappa shape index (κ2) is 4.93. The van der Waals surface area contributed by atoms with Crippen LogP contribution in [0.4, 0.5) is 0 Å². The highest BCUT2D eigenvalue weighted by molar-refractivity contribution is 6.29. The van der Waals surface area contributed by atoms with Gasteiger partial charge in [-0.25, -0.2) is 4.98 Å². The van der Waals surface area contributed by atoms with E-state index in [0.29, 0.717) is 11.6 Å². The number of rotatable bonds is 4. The molecule has 1 amide bonds. The quantitative estimate of drug-likeness (QED) is 0.710. The molecule has 14 heavy (non-hydrogen) atoms. The Morgan fingerprint density at radius 2 is 2.43 bits per heavy atom. The highest BCUT2D eigenvalue weighted by atomic mass is 35.5. The molecule has 3 N–H and O–H groups in total. The zero-order valence-electron chi connectivity index (χ0n) is 7.83. The molecule has 1 atom stereocenters. The van der Waals surface area contributed by atoms with Crippen LogP contribution in [0.2, 0.25) is 5.15 Å². The zero-order chi connectivity index (χ0) is 10.6. The van der Waals surface area contributed by atoms with Crippen LogP contribution in [-0.4, -0.2) is 24.0 Å². The van der Waals surface area contributed by atoms with Gasteiger partial charge in [-0.15, -0.1) is 0 Å². The predicted molar refractivity (Wildman–Crippen MR) is 55.0 cm³/mol. The van der Waals surface area contributed by atoms with Gasteiger partial charge in [0, 0.05) is 6.20 Å². The minimum Gasteiger partial charge on any atom is -0.368 e. The van der Waals surface area contributed by atoms with Crippen LogP contribution >= 0.6 is 11.6 Å². The third-order valence-electron chi connectivity index (χ3n) is 1.92. The Hall–Kier alpha value is -1.13. The molecule has 1 aromatic rings. The second-order valence-electron chi connectivity index (χ2n) is 2.94. The van der Waals surface area contributed by atoms with Crippen molar-refractivity contribution in [3.8, 4) is 0 Å². The lowest BCUT2D eigenvalue weighted by Gasteiger charge is -2.11. The van der Waals surface area contributed by atoms with E-state index in [4.69, 9.17) is 17.3 Å². The summed E-state index contributed by atoms with van der Waals surface area (Å²) in [5.41, 5.74) is 6.10. The monoisotopic (exact) mass is 213 g/mol. The van der Waals surface area contributed by atoms with Gasteiger partial charge in [-0.1, -0.05) is 17.7 Å². The van der Waals surface area contributed by atoms with Gasteiger partial charge in [0.2, 0.25) is 5.91 Å². The van der Waals surface area contributed by atoms with Crippen molar-refractivity contribution < 1.29 is 4.79 Å². The SMILES string of the molecule is CN[C@@H](Cc1ccc(Cl)nc1)C(N)=O. The zero-order valence-corrected chi connectivity index (χ0v) is 8.58. The maximum Gasteiger partial charge on any atom is 0.234 e. The highest BCUT2D eigenvalue weighted by Gasteiger charge is 2.12. The van der Waals surface area contributed by atoms with Crippen LogP contribution in [0, 0.1) is 0 Å². The molecule has 0 unspecified atom stereocenters. The average molecular weight is 214 g/mol. The Kier molecular flexibility index (Phi) is 3.85. The number of carbonyl (C=O) groups excluding carboxylic acids is 1. The van der Waals surface area contributed by atoms with Crippen LogP contribution < -0.4 is 11.1 Å². The number of hydrogen-bond acceptors (Lipinski definition) is 3. The molecule has 1 rings (SSSR count). The van der Waals surface area contributed by atoms with Crippen LogP contribution in [0.1, 0.15) is 5.56 Å². The number of aromatic nitrogens is 1. The van der Waals surface area contributed by atoms with Gasteiger partial charge < -0.3 is 11.1 Å². The molecule has 5 heteroatoms. The number of primary amides is 1. The molecule has 0 aliphatic heterocycles. The van der Waals surface area contributed by atoms with E-state index in [2.05, 4.69) is 10.3 Å². The lowest BCUT2D eigenvalue weighted by molar-refractivity contribution is -0.119. The van der Waals surface area contributed by atoms with Gasteiger partial charge in [-0.3, -0.25) is 4.79 Å². The number of amides is 1. The molecular weight excluding hydrogens is 202 g/mol. The van der Waals surface area contributed by atoms with Gasteiger partial charge in [-0.2, -0.15) is 0 Å². The fourth-order valence-corrected chi connectivity index (χ4v) is 1.22. The molecule has 0 bridgehead atoms. The fraction of sp³-hybridized carbons (Fsp3) is 0.333. The van der Waals surface area contributed by atoms with Gasteiger partial charge in [0.05, 0.1) is 6.04 Å². The van der Waals surface area contributed by atoms with Gasteiger partial charge in [0.15, 0.2) is 0 Å². The molecule has 1 heterocycles. The Morgan fingerprint density at radius 3 is 2.86 bits per heavy atom. The summed E-state index contributed by atoms with van der Waals surface area (Å²) in [6, 6.07) is 3.14. The minimum atomic E-state index is -0.373. The van der Waals surface area contributed by atoms with E-state index in [0.717, 1.165) is 5.56 Å². The molecule has 0 aliphatic rings. The van der Waals surface area contributed by atoms with E-state index in [9.17, 15) is 4.79 Å². The molecule has 0 aliphatic carbocycles. The first kappa shape index (κ1) is 10.9. The molecule has 0 aromatic carbocycles. The van der Waals surface area contributed by atoms with Crippen molar-refractivity contribution in [3.63, 3.8) is 0 Å². The number of hydrogen-bond donors (Lipinski definition) is 2. The van der Waals surface area contributed by atoms with Gasteiger partial charge in [0.25, 0.3) is 0 Å². The molecule has 0 saturated heterocycles. The largest absolute Gasteiger partial charge is 0.368 e. The van der Waals surface area contributed by atoms with Crippen LogP contribution in [0.3, 0.4) is 0 Å². The Labute approximate surface area is 87.5 Å². The Bertz CT molecular complexity index is 312. The Balaban J connectivity index is 2.67. The van der Waals surface area contributed by atoms with E-state index >= 15 is 0 Å². The van der Waals surface area contributed by atoms with E-state index in [1.807, 2.05) is 6.07 Å². The molecular formula is C9H12ClN3O. The van der Waals surface area contributed by atoms with Crippen LogP contribution in [-0.2, 0) is 11.2 Å². The molecule has 0 fully saturated rings. The van der Waals surface area contributed by atoms with Crippen LogP contribution in [0.5, 0.6) is 0 Å². The smallest absolute Gasteiger partial charge is 0.234 e. The number of carbonyl (C=O) groups is 1. The highest BCUT2D eigenvalue weighted by Crippen LogP contribution is 2.07. The number of pyridine rings is 1. The summed E-state index contributed by atoms with van der Waals surface area (Å²) >= 11 is 5.63. The van der Waals surface area contributed by atoms with Gasteiger partial charge in [0.1, 0.15) is 5.15 Å². The van der Waals surface area contributed by atoms with Crippen LogP contribution in [0.15, 0.2) is 18.3 Å². The molecule has 0 saturated carbocycles. The maximum atomic E-state index is 10.9. The molecule has 0 spiro atoms. The number of nitrogens with zero attached hydrogens (tertiary/aromatic N) is 1. The third kappa shape index (κ3) is 2.97. The lowest BCUT2D eigenvalue weighted by Crippen LogP contribution is -2.40. The van der Waals surface area contributed by atoms with Crippen molar-refractivity contribution in [2.75, 3.05) is 7.05 Å². The number of likely N-dealkylation sites (N-methyl/N-ethyl adjacent to an activating group) is 1. The van der Waals surface area contributed by atoms with Crippen molar-refractivity contribution in [3.05, 3.63) is 29.0 Å². The first-order chi connectivity index (χ1) is 6.63. The van der Waals surface area contributed by atoms with Crippen molar-refractivity contribution >= 4 is 17.5 Å². The second-order valence-corrected chi connectivity index (χ2v) is 3.32. The van der Waals surface area contributed by atoms with Crippen molar-refractivity contribution in [2.24, 2.45) is 5.73 Å². The van der Waals surface area contributed by atoms with Gasteiger partial charge >= 0.3 is 0 Å². The first-order valence-electron chi connectivity index (χ1n) is 4.20. The maximum absolute atomic E-state index is 10.9. The third-order valence-corrected chi connectivity index (χ3v) is 2.14. The summed E-state index contributed by atoms with van der Waals surface area (Å²) in [4.78, 5) is 14.8. The molecule has 1 aromatic heterocycles. The topological polar surface area (TPSA) is 68.0 Å². The Morgan fingerprint density at radius 1 is 1.71 bits per heavy atom. The molecule has 0 radical (unpaired) electrons. The standard InChI is InChI=1S/C9H12ClN3O/c1-12-7(9(11)14)4-6-2-3-8(10)13-5-6/h2-3,5,7,12H,4H2,1H3,(H2,11,14)/t7-/m0/s1. The van der Waals surface area contributed by atoms with Crippen molar-refractivity contribution in [1.29, 1.82) is 0 Å². The summed E-state index contributed by atoms with van der Waals surface area (Å²) in [5, 5.41) is 3.27.